The standard InChI is InChI=1S/C12H11NOS/c1-14-11-6-4-10(5-7-11)13-9-12-3-2-8-15-12/h2-9H,1H3. The molecule has 0 amide bonds. The summed E-state index contributed by atoms with van der Waals surface area (Å²) in [6.45, 7) is 0. The number of hydrogen-bond donors (Lipinski definition) is 0. The molecule has 2 nitrogen and oxygen atoms in total. The molecule has 0 radical (unpaired) electrons. The van der Waals surface area contributed by atoms with E-state index in [0.717, 1.165) is 16.3 Å². The molecule has 1 heterocycles. The summed E-state index contributed by atoms with van der Waals surface area (Å²) in [4.78, 5) is 5.51. The summed E-state index contributed by atoms with van der Waals surface area (Å²) in [7, 11) is 1.66. The predicted octanol–water partition coefficient (Wildman–Crippen LogP) is 3.51. The van der Waals surface area contributed by atoms with Crippen LogP contribution in [0.4, 0.5) is 5.69 Å². The van der Waals surface area contributed by atoms with Gasteiger partial charge in [-0.25, -0.2) is 0 Å². The van der Waals surface area contributed by atoms with Crippen LogP contribution in [0.5, 0.6) is 5.75 Å². The first-order chi connectivity index (χ1) is 7.38. The lowest BCUT2D eigenvalue weighted by molar-refractivity contribution is 0.415. The first-order valence-electron chi connectivity index (χ1n) is 4.60. The van der Waals surface area contributed by atoms with Crippen molar-refractivity contribution < 1.29 is 4.74 Å². The first-order valence-corrected chi connectivity index (χ1v) is 5.48. The molecule has 0 fully saturated rings. The summed E-state index contributed by atoms with van der Waals surface area (Å²) in [5, 5.41) is 2.04. The van der Waals surface area contributed by atoms with Crippen LogP contribution in [0.15, 0.2) is 46.8 Å². The van der Waals surface area contributed by atoms with Crippen molar-refractivity contribution in [3.63, 3.8) is 0 Å². The SMILES string of the molecule is COc1ccc(N=Cc2cccs2)cc1. The Balaban J connectivity index is 2.11. The first kappa shape index (κ1) is 9.93. The molecule has 0 bridgehead atoms. The van der Waals surface area contributed by atoms with Gasteiger partial charge in [0, 0.05) is 11.1 Å². The van der Waals surface area contributed by atoms with Crippen molar-refractivity contribution in [2.24, 2.45) is 4.99 Å². The van der Waals surface area contributed by atoms with E-state index in [0.29, 0.717) is 0 Å². The molecule has 76 valence electrons. The molecule has 0 N–H and O–H groups in total. The Morgan fingerprint density at radius 1 is 1.20 bits per heavy atom. The normalized spacial score (nSPS) is 10.7. The summed E-state index contributed by atoms with van der Waals surface area (Å²) in [6, 6.07) is 11.7. The molecule has 0 atom stereocenters. The molecule has 0 aliphatic rings. The van der Waals surface area contributed by atoms with E-state index >= 15 is 0 Å². The molecule has 0 saturated heterocycles. The Morgan fingerprint density at radius 2 is 2.00 bits per heavy atom. The quantitative estimate of drug-likeness (QED) is 0.721. The molecular formula is C12H11NOS. The van der Waals surface area contributed by atoms with E-state index in [-0.39, 0.29) is 0 Å². The molecule has 0 aliphatic heterocycles. The van der Waals surface area contributed by atoms with Crippen molar-refractivity contribution in [2.75, 3.05) is 7.11 Å². The largest absolute Gasteiger partial charge is 0.497 e. The summed E-state index contributed by atoms with van der Waals surface area (Å²) in [5.74, 6) is 0.852. The van der Waals surface area contributed by atoms with Crippen LogP contribution in [0.1, 0.15) is 4.88 Å². The van der Waals surface area contributed by atoms with Gasteiger partial charge >= 0.3 is 0 Å². The van der Waals surface area contributed by atoms with Gasteiger partial charge in [0.1, 0.15) is 5.75 Å². The molecule has 1 aromatic carbocycles. The Morgan fingerprint density at radius 3 is 2.60 bits per heavy atom. The smallest absolute Gasteiger partial charge is 0.119 e. The minimum atomic E-state index is 0.852. The maximum atomic E-state index is 5.07. The summed E-state index contributed by atoms with van der Waals surface area (Å²) < 4.78 is 5.07. The van der Waals surface area contributed by atoms with Crippen molar-refractivity contribution in [2.45, 2.75) is 0 Å². The Bertz CT molecular complexity index is 431. The summed E-state index contributed by atoms with van der Waals surface area (Å²) in [6.07, 6.45) is 1.87. The van der Waals surface area contributed by atoms with Gasteiger partial charge in [-0.05, 0) is 35.7 Å². The fourth-order valence-electron chi connectivity index (χ4n) is 1.17. The Kier molecular flexibility index (Phi) is 3.15. The van der Waals surface area contributed by atoms with Crippen LogP contribution < -0.4 is 4.74 Å². The predicted molar refractivity (Wildman–Crippen MR) is 64.6 cm³/mol. The van der Waals surface area contributed by atoms with Crippen molar-refractivity contribution in [1.29, 1.82) is 0 Å². The van der Waals surface area contributed by atoms with E-state index in [4.69, 9.17) is 4.74 Å². The molecule has 1 aromatic heterocycles. The van der Waals surface area contributed by atoms with Gasteiger partial charge in [-0.2, -0.15) is 0 Å². The summed E-state index contributed by atoms with van der Waals surface area (Å²) in [5.41, 5.74) is 0.934. The third-order valence-electron chi connectivity index (χ3n) is 1.96. The van der Waals surface area contributed by atoms with E-state index in [1.807, 2.05) is 48.0 Å². The lowest BCUT2D eigenvalue weighted by atomic mass is 10.3. The molecule has 0 spiro atoms. The van der Waals surface area contributed by atoms with Crippen molar-refractivity contribution in [3.8, 4) is 5.75 Å². The van der Waals surface area contributed by atoms with Gasteiger partial charge in [-0.1, -0.05) is 6.07 Å². The number of nitrogens with zero attached hydrogens (tertiary/aromatic N) is 1. The third-order valence-corrected chi connectivity index (χ3v) is 2.76. The van der Waals surface area contributed by atoms with Crippen LogP contribution in [0, 0.1) is 0 Å². The number of aliphatic imine (C=N–C) groups is 1. The van der Waals surface area contributed by atoms with E-state index in [2.05, 4.69) is 4.99 Å². The number of methoxy groups -OCH3 is 1. The Hall–Kier alpha value is -1.61. The second-order valence-corrected chi connectivity index (χ2v) is 3.95. The maximum absolute atomic E-state index is 5.07. The van der Waals surface area contributed by atoms with Crippen LogP contribution in [0.25, 0.3) is 0 Å². The highest BCUT2D eigenvalue weighted by Crippen LogP contribution is 2.17. The summed E-state index contributed by atoms with van der Waals surface area (Å²) >= 11 is 1.68. The number of rotatable bonds is 3. The molecule has 2 rings (SSSR count). The number of benzene rings is 1. The van der Waals surface area contributed by atoms with Gasteiger partial charge in [0.15, 0.2) is 0 Å². The lowest BCUT2D eigenvalue weighted by Gasteiger charge is -1.98. The lowest BCUT2D eigenvalue weighted by Crippen LogP contribution is -1.80. The van der Waals surface area contributed by atoms with Gasteiger partial charge < -0.3 is 4.74 Å². The second kappa shape index (κ2) is 4.75. The van der Waals surface area contributed by atoms with Crippen LogP contribution in [-0.2, 0) is 0 Å². The van der Waals surface area contributed by atoms with Gasteiger partial charge in [0.25, 0.3) is 0 Å². The zero-order chi connectivity index (χ0) is 10.5. The third kappa shape index (κ3) is 2.67. The zero-order valence-electron chi connectivity index (χ0n) is 8.38. The van der Waals surface area contributed by atoms with Crippen LogP contribution in [0.2, 0.25) is 0 Å². The molecule has 3 heteroatoms. The highest BCUT2D eigenvalue weighted by Gasteiger charge is 1.91. The fraction of sp³-hybridized carbons (Fsp3) is 0.0833. The van der Waals surface area contributed by atoms with Crippen LogP contribution in [0.3, 0.4) is 0 Å². The fourth-order valence-corrected chi connectivity index (χ4v) is 1.76. The van der Waals surface area contributed by atoms with Gasteiger partial charge in [0.2, 0.25) is 0 Å². The average Bonchev–Trinajstić information content (AvgIpc) is 2.80. The minimum Gasteiger partial charge on any atom is -0.497 e. The monoisotopic (exact) mass is 217 g/mol. The number of thiophene rings is 1. The Labute approximate surface area is 92.9 Å². The van der Waals surface area contributed by atoms with E-state index in [9.17, 15) is 0 Å². The maximum Gasteiger partial charge on any atom is 0.119 e. The highest BCUT2D eigenvalue weighted by atomic mass is 32.1. The van der Waals surface area contributed by atoms with Gasteiger partial charge in [0.05, 0.1) is 12.8 Å². The average molecular weight is 217 g/mol. The van der Waals surface area contributed by atoms with Gasteiger partial charge in [-0.3, -0.25) is 4.99 Å². The van der Waals surface area contributed by atoms with E-state index < -0.39 is 0 Å². The molecule has 2 aromatic rings. The van der Waals surface area contributed by atoms with Crippen molar-refractivity contribution in [1.82, 2.24) is 0 Å². The second-order valence-electron chi connectivity index (χ2n) is 2.97. The van der Waals surface area contributed by atoms with Crippen LogP contribution in [-0.4, -0.2) is 13.3 Å². The van der Waals surface area contributed by atoms with E-state index in [1.165, 1.54) is 0 Å². The molecule has 0 unspecified atom stereocenters. The van der Waals surface area contributed by atoms with Crippen LogP contribution >= 0.6 is 11.3 Å². The van der Waals surface area contributed by atoms with Gasteiger partial charge in [-0.15, -0.1) is 11.3 Å². The topological polar surface area (TPSA) is 21.6 Å². The minimum absolute atomic E-state index is 0.852. The molecule has 15 heavy (non-hydrogen) atoms. The van der Waals surface area contributed by atoms with Crippen molar-refractivity contribution in [3.05, 3.63) is 46.7 Å². The molecule has 0 aliphatic carbocycles. The number of ether oxygens (including phenoxy) is 1. The molecular weight excluding hydrogens is 206 g/mol. The van der Waals surface area contributed by atoms with Crippen molar-refractivity contribution >= 4 is 23.2 Å². The zero-order valence-corrected chi connectivity index (χ0v) is 9.20. The van der Waals surface area contributed by atoms with E-state index in [1.54, 1.807) is 18.4 Å². The number of hydrogen-bond acceptors (Lipinski definition) is 3. The highest BCUT2D eigenvalue weighted by molar-refractivity contribution is 7.11. The molecule has 0 saturated carbocycles.